The molecule has 0 spiro atoms. The fourth-order valence-corrected chi connectivity index (χ4v) is 2.09. The van der Waals surface area contributed by atoms with Crippen molar-refractivity contribution in [2.45, 2.75) is 33.1 Å². The summed E-state index contributed by atoms with van der Waals surface area (Å²) in [4.78, 5) is 24.1. The minimum absolute atomic E-state index is 0.0248. The highest BCUT2D eigenvalue weighted by Crippen LogP contribution is 2.25. The van der Waals surface area contributed by atoms with Crippen LogP contribution < -0.4 is 0 Å². The molecular weight excluding hydrogens is 212 g/mol. The van der Waals surface area contributed by atoms with Gasteiger partial charge < -0.3 is 0 Å². The molecule has 1 aromatic rings. The molecule has 88 valence electrons. The molecule has 0 fully saturated rings. The van der Waals surface area contributed by atoms with Gasteiger partial charge in [-0.2, -0.15) is 0 Å². The van der Waals surface area contributed by atoms with Gasteiger partial charge in [0.05, 0.1) is 0 Å². The summed E-state index contributed by atoms with van der Waals surface area (Å²) in [6, 6.07) is 5.43. The summed E-state index contributed by atoms with van der Waals surface area (Å²) >= 11 is 0. The Hall–Kier alpha value is -1.70. The van der Waals surface area contributed by atoms with Crippen molar-refractivity contribution in [3.05, 3.63) is 46.5 Å². The number of hydrogen-bond acceptors (Lipinski definition) is 2. The zero-order valence-corrected chi connectivity index (χ0v) is 10.2. The number of Topliss-reactive ketones (excluding diaryl/α,β-unsaturated/α-hetero) is 1. The quantitative estimate of drug-likeness (QED) is 0.793. The Kier molecular flexibility index (Phi) is 3.23. The Balaban J connectivity index is 2.40. The Labute approximate surface area is 101 Å². The highest BCUT2D eigenvalue weighted by molar-refractivity contribution is 6.24. The number of allylic oxidation sites excluding steroid dienone is 2. The number of carbonyl (C=O) groups excluding carboxylic acids is 2. The molecule has 0 atom stereocenters. The van der Waals surface area contributed by atoms with Crippen LogP contribution in [0.25, 0.3) is 0 Å². The molecular formula is C15H16O2. The Bertz CT molecular complexity index is 510. The first kappa shape index (κ1) is 11.8. The molecule has 2 nitrogen and oxygen atoms in total. The van der Waals surface area contributed by atoms with Crippen molar-refractivity contribution >= 4 is 11.6 Å². The van der Waals surface area contributed by atoms with Gasteiger partial charge >= 0.3 is 0 Å². The molecule has 17 heavy (non-hydrogen) atoms. The Morgan fingerprint density at radius 2 is 1.88 bits per heavy atom. The molecule has 0 aromatic heterocycles. The van der Waals surface area contributed by atoms with Gasteiger partial charge in [0.25, 0.3) is 0 Å². The topological polar surface area (TPSA) is 34.1 Å². The van der Waals surface area contributed by atoms with Gasteiger partial charge in [-0.15, -0.1) is 0 Å². The van der Waals surface area contributed by atoms with Gasteiger partial charge in [0.15, 0.2) is 11.6 Å². The number of rotatable bonds is 3. The van der Waals surface area contributed by atoms with Crippen molar-refractivity contribution in [1.82, 2.24) is 0 Å². The van der Waals surface area contributed by atoms with Gasteiger partial charge in [0.2, 0.25) is 0 Å². The molecule has 0 radical (unpaired) electrons. The second-order valence-corrected chi connectivity index (χ2v) is 4.52. The molecule has 1 aliphatic rings. The zero-order chi connectivity index (χ0) is 12.4. The summed E-state index contributed by atoms with van der Waals surface area (Å²) in [6.45, 7) is 4.01. The smallest absolute Gasteiger partial charge is 0.189 e. The van der Waals surface area contributed by atoms with Crippen LogP contribution >= 0.6 is 0 Å². The van der Waals surface area contributed by atoms with Crippen LogP contribution in [0, 0.1) is 6.92 Å². The summed E-state index contributed by atoms with van der Waals surface area (Å²) in [5.41, 5.74) is 2.79. The minimum atomic E-state index is -0.0364. The van der Waals surface area contributed by atoms with E-state index < -0.39 is 0 Å². The van der Waals surface area contributed by atoms with Gasteiger partial charge in [-0.1, -0.05) is 31.0 Å². The van der Waals surface area contributed by atoms with E-state index in [4.69, 9.17) is 0 Å². The first-order chi connectivity index (χ1) is 8.13. The average molecular weight is 228 g/mol. The maximum absolute atomic E-state index is 12.2. The first-order valence-electron chi connectivity index (χ1n) is 6.03. The van der Waals surface area contributed by atoms with Gasteiger partial charge in [-0.05, 0) is 31.9 Å². The third-order valence-corrected chi connectivity index (χ3v) is 3.08. The van der Waals surface area contributed by atoms with Gasteiger partial charge in [0, 0.05) is 16.7 Å². The number of benzene rings is 1. The van der Waals surface area contributed by atoms with Crippen LogP contribution in [-0.4, -0.2) is 11.6 Å². The molecule has 0 unspecified atom stereocenters. The van der Waals surface area contributed by atoms with Crippen LogP contribution in [0.1, 0.15) is 52.5 Å². The van der Waals surface area contributed by atoms with E-state index in [9.17, 15) is 9.59 Å². The highest BCUT2D eigenvalue weighted by atomic mass is 16.1. The molecule has 0 heterocycles. The van der Waals surface area contributed by atoms with Crippen LogP contribution in [0.4, 0.5) is 0 Å². The van der Waals surface area contributed by atoms with E-state index >= 15 is 0 Å². The van der Waals surface area contributed by atoms with Crippen LogP contribution in [0.5, 0.6) is 0 Å². The summed E-state index contributed by atoms with van der Waals surface area (Å²) in [5, 5.41) is 0. The highest BCUT2D eigenvalue weighted by Gasteiger charge is 2.24. The third-order valence-electron chi connectivity index (χ3n) is 3.08. The molecule has 1 aromatic carbocycles. The lowest BCUT2D eigenvalue weighted by molar-refractivity contribution is 0.0981. The van der Waals surface area contributed by atoms with E-state index in [1.807, 2.05) is 19.1 Å². The molecule has 2 heteroatoms. The molecule has 0 aliphatic heterocycles. The van der Waals surface area contributed by atoms with Crippen LogP contribution in [-0.2, 0) is 0 Å². The summed E-state index contributed by atoms with van der Waals surface area (Å²) in [5.74, 6) is -0.0116. The second-order valence-electron chi connectivity index (χ2n) is 4.52. The summed E-state index contributed by atoms with van der Waals surface area (Å²) in [6.07, 6.45) is 4.19. The number of unbranched alkanes of at least 4 members (excludes halogenated alkanes) is 1. The average Bonchev–Trinajstić information content (AvgIpc) is 2.32. The first-order valence-corrected chi connectivity index (χ1v) is 6.03. The molecule has 0 saturated carbocycles. The van der Waals surface area contributed by atoms with E-state index in [0.717, 1.165) is 18.4 Å². The van der Waals surface area contributed by atoms with Crippen molar-refractivity contribution in [3.63, 3.8) is 0 Å². The van der Waals surface area contributed by atoms with E-state index in [-0.39, 0.29) is 11.6 Å². The van der Waals surface area contributed by atoms with Crippen molar-refractivity contribution < 1.29 is 9.59 Å². The molecule has 0 saturated heterocycles. The second kappa shape index (κ2) is 4.66. The molecule has 0 bridgehead atoms. The van der Waals surface area contributed by atoms with Crippen molar-refractivity contribution in [3.8, 4) is 0 Å². The fraction of sp³-hybridized carbons (Fsp3) is 0.333. The maximum Gasteiger partial charge on any atom is 0.189 e. The SMILES string of the molecule is CCCCC1=CC(=O)c2ccc(C)cc2C1=O. The number of carbonyl (C=O) groups is 2. The van der Waals surface area contributed by atoms with E-state index in [0.29, 0.717) is 23.1 Å². The standard InChI is InChI=1S/C15H16O2/c1-3-4-5-11-9-14(16)12-7-6-10(2)8-13(12)15(11)17/h6-9H,3-5H2,1-2H3. The lowest BCUT2D eigenvalue weighted by Crippen LogP contribution is -2.17. The summed E-state index contributed by atoms with van der Waals surface area (Å²) < 4.78 is 0. The lowest BCUT2D eigenvalue weighted by atomic mass is 9.86. The van der Waals surface area contributed by atoms with Crippen LogP contribution in [0.3, 0.4) is 0 Å². The van der Waals surface area contributed by atoms with Gasteiger partial charge in [-0.25, -0.2) is 0 Å². The van der Waals surface area contributed by atoms with Crippen molar-refractivity contribution in [2.75, 3.05) is 0 Å². The molecule has 0 amide bonds. The summed E-state index contributed by atoms with van der Waals surface area (Å²) in [7, 11) is 0. The number of aryl methyl sites for hydroxylation is 1. The number of ketones is 2. The monoisotopic (exact) mass is 228 g/mol. The molecule has 0 N–H and O–H groups in total. The maximum atomic E-state index is 12.2. The predicted octanol–water partition coefficient (Wildman–Crippen LogP) is 3.49. The van der Waals surface area contributed by atoms with Crippen molar-refractivity contribution in [2.24, 2.45) is 0 Å². The molecule has 2 rings (SSSR count). The van der Waals surface area contributed by atoms with Gasteiger partial charge in [0.1, 0.15) is 0 Å². The van der Waals surface area contributed by atoms with Crippen LogP contribution in [0.15, 0.2) is 29.8 Å². The minimum Gasteiger partial charge on any atom is -0.289 e. The fourth-order valence-electron chi connectivity index (χ4n) is 2.09. The van der Waals surface area contributed by atoms with Crippen LogP contribution in [0.2, 0.25) is 0 Å². The van der Waals surface area contributed by atoms with E-state index in [1.165, 1.54) is 6.08 Å². The lowest BCUT2D eigenvalue weighted by Gasteiger charge is -2.15. The Morgan fingerprint density at radius 3 is 2.59 bits per heavy atom. The van der Waals surface area contributed by atoms with E-state index in [2.05, 4.69) is 6.92 Å². The van der Waals surface area contributed by atoms with E-state index in [1.54, 1.807) is 6.07 Å². The predicted molar refractivity (Wildman–Crippen MR) is 67.4 cm³/mol. The Morgan fingerprint density at radius 1 is 1.12 bits per heavy atom. The number of fused-ring (bicyclic) bond motifs is 1. The normalized spacial score (nSPS) is 14.6. The largest absolute Gasteiger partial charge is 0.289 e. The molecule has 1 aliphatic carbocycles. The van der Waals surface area contributed by atoms with Gasteiger partial charge in [-0.3, -0.25) is 9.59 Å². The number of hydrogen-bond donors (Lipinski definition) is 0. The zero-order valence-electron chi connectivity index (χ0n) is 10.2. The third kappa shape index (κ3) is 2.21. The van der Waals surface area contributed by atoms with Crippen molar-refractivity contribution in [1.29, 1.82) is 0 Å².